The van der Waals surface area contributed by atoms with Gasteiger partial charge < -0.3 is 15.8 Å². The summed E-state index contributed by atoms with van der Waals surface area (Å²) in [5.74, 6) is -0.0160. The van der Waals surface area contributed by atoms with Gasteiger partial charge in [0.05, 0.1) is 6.10 Å². The summed E-state index contributed by atoms with van der Waals surface area (Å²) in [6.07, 6.45) is 1.99. The summed E-state index contributed by atoms with van der Waals surface area (Å²) in [5, 5.41) is 3.05. The van der Waals surface area contributed by atoms with Gasteiger partial charge in [-0.05, 0) is 37.5 Å². The average Bonchev–Trinajstić information content (AvgIpc) is 2.39. The molecule has 1 aliphatic rings. The number of rotatable bonds is 3. The van der Waals surface area contributed by atoms with Crippen molar-refractivity contribution < 1.29 is 9.53 Å². The minimum Gasteiger partial charge on any atom is -0.378 e. The highest BCUT2D eigenvalue weighted by Gasteiger charge is 2.21. The van der Waals surface area contributed by atoms with E-state index in [9.17, 15) is 4.79 Å². The molecule has 2 rings (SSSR count). The lowest BCUT2D eigenvalue weighted by atomic mass is 10.0. The Morgan fingerprint density at radius 2 is 2.17 bits per heavy atom. The van der Waals surface area contributed by atoms with E-state index in [4.69, 9.17) is 10.5 Å². The Morgan fingerprint density at radius 1 is 1.44 bits per heavy atom. The highest BCUT2D eigenvalue weighted by atomic mass is 16.5. The number of benzene rings is 1. The molecule has 3 N–H and O–H groups in total. The van der Waals surface area contributed by atoms with E-state index in [1.807, 2.05) is 31.2 Å². The van der Waals surface area contributed by atoms with Crippen LogP contribution >= 0.6 is 0 Å². The number of hydrogen-bond acceptors (Lipinski definition) is 3. The van der Waals surface area contributed by atoms with E-state index < -0.39 is 0 Å². The highest BCUT2D eigenvalue weighted by Crippen LogP contribution is 2.14. The zero-order valence-electron chi connectivity index (χ0n) is 10.7. The van der Waals surface area contributed by atoms with Crippen molar-refractivity contribution in [3.8, 4) is 0 Å². The Morgan fingerprint density at radius 3 is 2.78 bits per heavy atom. The fourth-order valence-corrected chi connectivity index (χ4v) is 2.19. The van der Waals surface area contributed by atoms with Gasteiger partial charge in [0.25, 0.3) is 5.91 Å². The first-order chi connectivity index (χ1) is 8.69. The molecule has 0 bridgehead atoms. The van der Waals surface area contributed by atoms with E-state index >= 15 is 0 Å². The highest BCUT2D eigenvalue weighted by molar-refractivity contribution is 5.94. The Kier molecular flexibility index (Phi) is 4.33. The second-order valence-corrected chi connectivity index (χ2v) is 4.78. The zero-order chi connectivity index (χ0) is 13.0. The van der Waals surface area contributed by atoms with Crippen LogP contribution in [0.15, 0.2) is 24.3 Å². The molecule has 0 saturated carbocycles. The summed E-state index contributed by atoms with van der Waals surface area (Å²) in [5.41, 5.74) is 7.25. The summed E-state index contributed by atoms with van der Waals surface area (Å²) in [6, 6.07) is 7.64. The van der Waals surface area contributed by atoms with Crippen molar-refractivity contribution in [2.24, 2.45) is 5.73 Å². The molecule has 0 radical (unpaired) electrons. The number of amides is 1. The molecular formula is C14H20N2O2. The van der Waals surface area contributed by atoms with Crippen LogP contribution in [0, 0.1) is 0 Å². The van der Waals surface area contributed by atoms with Crippen molar-refractivity contribution in [1.29, 1.82) is 0 Å². The predicted molar refractivity (Wildman–Crippen MR) is 70.2 cm³/mol. The molecule has 2 unspecified atom stereocenters. The number of carbonyl (C=O) groups excluding carboxylic acids is 1. The lowest BCUT2D eigenvalue weighted by molar-refractivity contribution is 0.0136. The number of nitrogens with two attached hydrogens (primary N) is 1. The molecule has 4 heteroatoms. The normalized spacial score (nSPS) is 23.7. The Labute approximate surface area is 108 Å². The minimum absolute atomic E-state index is 0.0160. The standard InChI is InChI=1S/C14H20N2O2/c1-10-8-13(6-7-18-10)16-14(17)12-4-2-11(9-15)3-5-12/h2-5,10,13H,6-9,15H2,1H3,(H,16,17). The van der Waals surface area contributed by atoms with Gasteiger partial charge in [-0.15, -0.1) is 0 Å². The quantitative estimate of drug-likeness (QED) is 0.850. The second-order valence-electron chi connectivity index (χ2n) is 4.78. The molecule has 4 nitrogen and oxygen atoms in total. The molecule has 1 fully saturated rings. The van der Waals surface area contributed by atoms with Crippen LogP contribution in [0.1, 0.15) is 35.7 Å². The maximum atomic E-state index is 12.0. The van der Waals surface area contributed by atoms with Crippen LogP contribution in [0.3, 0.4) is 0 Å². The topological polar surface area (TPSA) is 64.4 Å². The van der Waals surface area contributed by atoms with Crippen LogP contribution in [0.5, 0.6) is 0 Å². The van der Waals surface area contributed by atoms with Crippen LogP contribution in [0.4, 0.5) is 0 Å². The molecule has 0 spiro atoms. The van der Waals surface area contributed by atoms with Gasteiger partial charge >= 0.3 is 0 Å². The number of ether oxygens (including phenoxy) is 1. The smallest absolute Gasteiger partial charge is 0.251 e. The van der Waals surface area contributed by atoms with Crippen molar-refractivity contribution in [3.63, 3.8) is 0 Å². The lowest BCUT2D eigenvalue weighted by Gasteiger charge is -2.27. The van der Waals surface area contributed by atoms with Crippen LogP contribution < -0.4 is 11.1 Å². The molecule has 1 heterocycles. The first-order valence-electron chi connectivity index (χ1n) is 6.40. The van der Waals surface area contributed by atoms with Crippen molar-refractivity contribution in [2.75, 3.05) is 6.61 Å². The maximum Gasteiger partial charge on any atom is 0.251 e. The van der Waals surface area contributed by atoms with Crippen LogP contribution in [0.2, 0.25) is 0 Å². The predicted octanol–water partition coefficient (Wildman–Crippen LogP) is 1.44. The molecular weight excluding hydrogens is 228 g/mol. The van der Waals surface area contributed by atoms with E-state index in [0.29, 0.717) is 12.1 Å². The molecule has 1 aromatic carbocycles. The fourth-order valence-electron chi connectivity index (χ4n) is 2.19. The Bertz CT molecular complexity index is 403. The largest absolute Gasteiger partial charge is 0.378 e. The molecule has 98 valence electrons. The molecule has 2 atom stereocenters. The number of carbonyl (C=O) groups is 1. The van der Waals surface area contributed by atoms with E-state index in [-0.39, 0.29) is 18.1 Å². The molecule has 1 amide bonds. The van der Waals surface area contributed by atoms with E-state index in [0.717, 1.165) is 25.0 Å². The van der Waals surface area contributed by atoms with Gasteiger partial charge in [0.1, 0.15) is 0 Å². The van der Waals surface area contributed by atoms with Crippen molar-refractivity contribution in [2.45, 2.75) is 38.5 Å². The summed E-state index contributed by atoms with van der Waals surface area (Å²) < 4.78 is 5.46. The van der Waals surface area contributed by atoms with Gasteiger partial charge in [-0.2, -0.15) is 0 Å². The SMILES string of the molecule is CC1CC(NC(=O)c2ccc(CN)cc2)CCO1. The minimum atomic E-state index is -0.0160. The van der Waals surface area contributed by atoms with Crippen molar-refractivity contribution in [1.82, 2.24) is 5.32 Å². The molecule has 0 aromatic heterocycles. The molecule has 0 aliphatic carbocycles. The summed E-state index contributed by atoms with van der Waals surface area (Å²) in [7, 11) is 0. The van der Waals surface area contributed by atoms with Gasteiger partial charge in [-0.1, -0.05) is 12.1 Å². The maximum absolute atomic E-state index is 12.0. The molecule has 1 aromatic rings. The number of nitrogens with one attached hydrogen (secondary N) is 1. The summed E-state index contributed by atoms with van der Waals surface area (Å²) >= 11 is 0. The Hall–Kier alpha value is -1.39. The monoisotopic (exact) mass is 248 g/mol. The van der Waals surface area contributed by atoms with Gasteiger partial charge in [0.15, 0.2) is 0 Å². The van der Waals surface area contributed by atoms with Crippen molar-refractivity contribution in [3.05, 3.63) is 35.4 Å². The van der Waals surface area contributed by atoms with E-state index in [1.165, 1.54) is 0 Å². The summed E-state index contributed by atoms with van der Waals surface area (Å²) in [4.78, 5) is 12.0. The first kappa shape index (κ1) is 13.1. The summed E-state index contributed by atoms with van der Waals surface area (Å²) in [6.45, 7) is 3.26. The van der Waals surface area contributed by atoms with Crippen LogP contribution in [-0.4, -0.2) is 24.7 Å². The third-order valence-corrected chi connectivity index (χ3v) is 3.27. The van der Waals surface area contributed by atoms with Crippen molar-refractivity contribution >= 4 is 5.91 Å². The first-order valence-corrected chi connectivity index (χ1v) is 6.40. The van der Waals surface area contributed by atoms with Gasteiger partial charge in [-0.25, -0.2) is 0 Å². The average molecular weight is 248 g/mol. The van der Waals surface area contributed by atoms with Gasteiger partial charge in [0, 0.05) is 24.8 Å². The fraction of sp³-hybridized carbons (Fsp3) is 0.500. The lowest BCUT2D eigenvalue weighted by Crippen LogP contribution is -2.41. The van der Waals surface area contributed by atoms with E-state index in [1.54, 1.807) is 0 Å². The molecule has 1 saturated heterocycles. The third-order valence-electron chi connectivity index (χ3n) is 3.27. The van der Waals surface area contributed by atoms with Gasteiger partial charge in [-0.3, -0.25) is 4.79 Å². The number of hydrogen-bond donors (Lipinski definition) is 2. The van der Waals surface area contributed by atoms with Crippen LogP contribution in [-0.2, 0) is 11.3 Å². The Balaban J connectivity index is 1.94. The molecule has 18 heavy (non-hydrogen) atoms. The van der Waals surface area contributed by atoms with Crippen LogP contribution in [0.25, 0.3) is 0 Å². The molecule has 1 aliphatic heterocycles. The third kappa shape index (κ3) is 3.31. The zero-order valence-corrected chi connectivity index (χ0v) is 10.7. The van der Waals surface area contributed by atoms with Gasteiger partial charge in [0.2, 0.25) is 0 Å². The van der Waals surface area contributed by atoms with E-state index in [2.05, 4.69) is 5.32 Å². The second kappa shape index (κ2) is 5.98.